The number of rotatable bonds is 0. The van der Waals surface area contributed by atoms with Gasteiger partial charge in [-0.1, -0.05) is 35.5 Å². The Morgan fingerprint density at radius 2 is 0.425 bits per heavy atom. The molecule has 0 nitrogen and oxygen atoms in total. The Labute approximate surface area is 219 Å². The molecule has 0 atom stereocenters. The lowest BCUT2D eigenvalue weighted by Crippen LogP contribution is -2.04. The third-order valence-electron chi connectivity index (χ3n) is 5.20. The lowest BCUT2D eigenvalue weighted by molar-refractivity contribution is 0.376. The third-order valence-corrected chi connectivity index (χ3v) is 5.20. The van der Waals surface area contributed by atoms with E-state index in [9.17, 15) is 43.9 Å². The number of hydrogen-bond acceptors (Lipinski definition) is 0. The second-order valence-electron chi connectivity index (χ2n) is 7.79. The van der Waals surface area contributed by atoms with Gasteiger partial charge in [0.25, 0.3) is 0 Å². The monoisotopic (exact) mass is 558 g/mol. The molecule has 0 aliphatic heterocycles. The van der Waals surface area contributed by atoms with Crippen molar-refractivity contribution in [2.45, 2.75) is 0 Å². The van der Waals surface area contributed by atoms with Crippen molar-refractivity contribution < 1.29 is 43.9 Å². The number of hydrogen-bond donors (Lipinski definition) is 0. The molecular weight excluding hydrogens is 550 g/mol. The molecule has 0 saturated heterocycles. The zero-order valence-corrected chi connectivity index (χ0v) is 19.4. The summed E-state index contributed by atoms with van der Waals surface area (Å²) in [6.45, 7) is 0. The molecule has 0 amide bonds. The maximum atomic E-state index is 13.7. The van der Waals surface area contributed by atoms with E-state index in [0.717, 1.165) is 0 Å². The van der Waals surface area contributed by atoms with E-state index in [1.807, 2.05) is 11.8 Å². The molecule has 0 aliphatic rings. The molecule has 0 unspecified atom stereocenters. The maximum absolute atomic E-state index is 13.7. The van der Waals surface area contributed by atoms with Crippen LogP contribution in [0.5, 0.6) is 0 Å². The zero-order valence-electron chi connectivity index (χ0n) is 19.4. The first-order valence-electron chi connectivity index (χ1n) is 10.8. The average Bonchev–Trinajstić information content (AvgIpc) is 2.97. The van der Waals surface area contributed by atoms with Crippen LogP contribution in [0.1, 0.15) is 33.4 Å². The van der Waals surface area contributed by atoms with E-state index < -0.39 is 69.3 Å². The highest BCUT2D eigenvalue weighted by Gasteiger charge is 2.25. The predicted octanol–water partition coefficient (Wildman–Crippen LogP) is 7.28. The van der Waals surface area contributed by atoms with Crippen LogP contribution < -0.4 is 0 Å². The number of benzene rings is 4. The summed E-state index contributed by atoms with van der Waals surface area (Å²) in [4.78, 5) is 0. The smallest absolute Gasteiger partial charge is 0.200 e. The Morgan fingerprint density at radius 1 is 0.250 bits per heavy atom. The van der Waals surface area contributed by atoms with E-state index in [4.69, 9.17) is 0 Å². The summed E-state index contributed by atoms with van der Waals surface area (Å²) >= 11 is 0. The Morgan fingerprint density at radius 3 is 0.650 bits per heavy atom. The van der Waals surface area contributed by atoms with Gasteiger partial charge < -0.3 is 0 Å². The van der Waals surface area contributed by atoms with E-state index in [1.165, 1.54) is 48.5 Å². The highest BCUT2D eigenvalue weighted by atomic mass is 19.2. The molecule has 0 heterocycles. The molecule has 0 aliphatic carbocycles. The van der Waals surface area contributed by atoms with Crippen LogP contribution in [-0.4, -0.2) is 0 Å². The summed E-state index contributed by atoms with van der Waals surface area (Å²) in [5, 5.41) is 0. The predicted molar refractivity (Wildman–Crippen MR) is 123 cm³/mol. The van der Waals surface area contributed by atoms with E-state index in [1.54, 1.807) is 0 Å². The quantitative estimate of drug-likeness (QED) is 0.0922. The van der Waals surface area contributed by atoms with Gasteiger partial charge in [0, 0.05) is 22.3 Å². The van der Waals surface area contributed by atoms with Crippen LogP contribution >= 0.6 is 0 Å². The summed E-state index contributed by atoms with van der Waals surface area (Å²) in [5.41, 5.74) is -1.19. The molecular formula is C30H8F10. The minimum Gasteiger partial charge on any atom is -0.202 e. The molecule has 40 heavy (non-hydrogen) atoms. The van der Waals surface area contributed by atoms with Gasteiger partial charge in [0.05, 0.1) is 0 Å². The van der Waals surface area contributed by atoms with Gasteiger partial charge in [0.1, 0.15) is 11.1 Å². The van der Waals surface area contributed by atoms with Crippen LogP contribution in [-0.2, 0) is 0 Å². The van der Waals surface area contributed by atoms with Crippen molar-refractivity contribution >= 4 is 0 Å². The fourth-order valence-corrected chi connectivity index (χ4v) is 3.12. The minimum atomic E-state index is -2.28. The second kappa shape index (κ2) is 11.3. The maximum Gasteiger partial charge on any atom is 0.200 e. The highest BCUT2D eigenvalue weighted by Crippen LogP contribution is 2.23. The summed E-state index contributed by atoms with van der Waals surface area (Å²) < 4.78 is 134. The van der Waals surface area contributed by atoms with Gasteiger partial charge in [-0.05, 0) is 48.5 Å². The lowest BCUT2D eigenvalue weighted by Gasteiger charge is -2.02. The lowest BCUT2D eigenvalue weighted by atomic mass is 10.1. The highest BCUT2D eigenvalue weighted by molar-refractivity contribution is 5.50. The van der Waals surface area contributed by atoms with Crippen molar-refractivity contribution in [3.63, 3.8) is 0 Å². The van der Waals surface area contributed by atoms with Crippen LogP contribution in [0, 0.1) is 93.7 Å². The van der Waals surface area contributed by atoms with Crippen molar-refractivity contribution in [3.05, 3.63) is 140 Å². The normalized spacial score (nSPS) is 10.2. The standard InChI is InChI=1S/C30H8F10/c31-21-19(22(32)26(36)29(39)25(21)35)13-11-17-7-3-15(4-8-17)1-2-16-5-9-18(10-6-16)12-14-20-23(33)27(37)30(40)28(38)24(20)34/h3-10H. The summed E-state index contributed by atoms with van der Waals surface area (Å²) in [6.07, 6.45) is 0. The summed E-state index contributed by atoms with van der Waals surface area (Å²) in [7, 11) is 0. The topological polar surface area (TPSA) is 0 Å². The van der Waals surface area contributed by atoms with Crippen LogP contribution in [0.4, 0.5) is 43.9 Å². The number of halogens is 10. The Hall–Kier alpha value is -5.14. The first kappa shape index (κ1) is 27.9. The molecule has 4 aromatic carbocycles. The van der Waals surface area contributed by atoms with E-state index in [-0.39, 0.29) is 11.1 Å². The van der Waals surface area contributed by atoms with E-state index in [0.29, 0.717) is 11.1 Å². The third kappa shape index (κ3) is 5.50. The molecule has 10 heteroatoms. The van der Waals surface area contributed by atoms with E-state index >= 15 is 0 Å². The molecule has 0 N–H and O–H groups in total. The molecule has 0 aromatic heterocycles. The van der Waals surface area contributed by atoms with Gasteiger partial charge in [0.2, 0.25) is 11.6 Å². The SMILES string of the molecule is Fc1c(F)c(F)c(C#Cc2ccc(C#Cc3ccc(C#Cc4c(F)c(F)c(F)c(F)c4F)cc3)cc2)c(F)c1F. The second-order valence-corrected chi connectivity index (χ2v) is 7.79. The van der Waals surface area contributed by atoms with E-state index in [2.05, 4.69) is 23.7 Å². The first-order valence-corrected chi connectivity index (χ1v) is 10.8. The molecule has 0 bridgehead atoms. The molecule has 0 radical (unpaired) electrons. The van der Waals surface area contributed by atoms with Crippen LogP contribution in [0.2, 0.25) is 0 Å². The van der Waals surface area contributed by atoms with Gasteiger partial charge >= 0.3 is 0 Å². The van der Waals surface area contributed by atoms with Crippen molar-refractivity contribution in [1.29, 1.82) is 0 Å². The molecule has 198 valence electrons. The van der Waals surface area contributed by atoms with Gasteiger partial charge in [-0.15, -0.1) is 0 Å². The van der Waals surface area contributed by atoms with Crippen LogP contribution in [0.3, 0.4) is 0 Å². The zero-order chi connectivity index (χ0) is 29.1. The van der Waals surface area contributed by atoms with Crippen molar-refractivity contribution in [1.82, 2.24) is 0 Å². The van der Waals surface area contributed by atoms with Crippen LogP contribution in [0.25, 0.3) is 0 Å². The van der Waals surface area contributed by atoms with Gasteiger partial charge in [-0.25, -0.2) is 43.9 Å². The summed E-state index contributed by atoms with van der Waals surface area (Å²) in [5.74, 6) is -7.05. The fourth-order valence-electron chi connectivity index (χ4n) is 3.12. The first-order chi connectivity index (χ1) is 19.0. The van der Waals surface area contributed by atoms with Crippen molar-refractivity contribution in [2.75, 3.05) is 0 Å². The largest absolute Gasteiger partial charge is 0.202 e. The molecule has 4 aromatic rings. The van der Waals surface area contributed by atoms with Gasteiger partial charge in [-0.2, -0.15) is 0 Å². The van der Waals surface area contributed by atoms with Crippen molar-refractivity contribution in [3.8, 4) is 35.5 Å². The summed E-state index contributed by atoms with van der Waals surface area (Å²) in [6, 6.07) is 11.6. The molecule has 0 saturated carbocycles. The van der Waals surface area contributed by atoms with Gasteiger partial charge in [-0.3, -0.25) is 0 Å². The Balaban J connectivity index is 1.49. The van der Waals surface area contributed by atoms with Crippen LogP contribution in [0.15, 0.2) is 48.5 Å². The Bertz CT molecular complexity index is 1650. The minimum absolute atomic E-state index is 0.200. The Kier molecular flexibility index (Phi) is 7.88. The molecule has 0 fully saturated rings. The fraction of sp³-hybridized carbons (Fsp3) is 0. The molecule has 4 rings (SSSR count). The average molecular weight is 558 g/mol. The van der Waals surface area contributed by atoms with Gasteiger partial charge in [0.15, 0.2) is 46.5 Å². The van der Waals surface area contributed by atoms with Crippen molar-refractivity contribution in [2.24, 2.45) is 0 Å². The molecule has 0 spiro atoms.